The van der Waals surface area contributed by atoms with Gasteiger partial charge in [0, 0.05) is 49.6 Å². The maximum absolute atomic E-state index is 13.5. The Morgan fingerprint density at radius 3 is 2.66 bits per heavy atom. The number of hydrogen-bond donors (Lipinski definition) is 1. The molecule has 3 aromatic rings. The van der Waals surface area contributed by atoms with Gasteiger partial charge in [-0.2, -0.15) is 0 Å². The summed E-state index contributed by atoms with van der Waals surface area (Å²) in [6.07, 6.45) is 3.79. The van der Waals surface area contributed by atoms with E-state index in [1.54, 1.807) is 12.1 Å². The lowest BCUT2D eigenvalue weighted by atomic mass is 10.1. The number of benzene rings is 2. The van der Waals surface area contributed by atoms with Crippen LogP contribution in [0.3, 0.4) is 0 Å². The predicted octanol–water partition coefficient (Wildman–Crippen LogP) is 4.03. The normalized spacial score (nSPS) is 15.8. The molecule has 35 heavy (non-hydrogen) atoms. The number of anilines is 1. The monoisotopic (exact) mass is 495 g/mol. The maximum atomic E-state index is 13.5. The van der Waals surface area contributed by atoms with Crippen molar-refractivity contribution in [3.8, 4) is 11.4 Å². The van der Waals surface area contributed by atoms with Crippen LogP contribution in [0.15, 0.2) is 47.6 Å². The van der Waals surface area contributed by atoms with Gasteiger partial charge in [0.1, 0.15) is 5.82 Å². The molecule has 2 aliphatic rings. The van der Waals surface area contributed by atoms with Crippen LogP contribution in [0, 0.1) is 5.82 Å². The van der Waals surface area contributed by atoms with E-state index in [1.807, 2.05) is 6.07 Å². The molecule has 1 aromatic heterocycles. The fraction of sp³-hybridized carbons (Fsp3) is 0.423. The summed E-state index contributed by atoms with van der Waals surface area (Å²) in [6.45, 7) is 4.85. The molecule has 1 saturated heterocycles. The van der Waals surface area contributed by atoms with E-state index in [-0.39, 0.29) is 11.7 Å². The van der Waals surface area contributed by atoms with Gasteiger partial charge in [-0.15, -0.1) is 10.2 Å². The molecule has 0 saturated carbocycles. The molecule has 2 heterocycles. The molecule has 0 bridgehead atoms. The summed E-state index contributed by atoms with van der Waals surface area (Å²) in [7, 11) is 0. The average molecular weight is 496 g/mol. The molecule has 1 N–H and O–H groups in total. The van der Waals surface area contributed by atoms with E-state index < -0.39 is 0 Å². The molecule has 9 heteroatoms. The number of rotatable bonds is 9. The first kappa shape index (κ1) is 24.0. The van der Waals surface area contributed by atoms with Crippen molar-refractivity contribution < 1.29 is 13.9 Å². The molecular formula is C26H30FN5O2S. The largest absolute Gasteiger partial charge is 0.379 e. The Hall–Kier alpha value is -2.75. The minimum absolute atomic E-state index is 0.00594. The standard InChI is InChI=1S/C26H30FN5O2S/c27-22-7-4-20(5-8-22)25-29-30-26(32(25)12-11-31-13-15-34-16-14-31)35-17-10-24(33)28-23-9-6-19-2-1-3-21(19)18-23/h4-9,18H,1-3,10-17H2,(H,28,33). The summed E-state index contributed by atoms with van der Waals surface area (Å²) < 4.78 is 21.0. The number of nitrogens with one attached hydrogen (secondary N) is 1. The van der Waals surface area contributed by atoms with E-state index in [4.69, 9.17) is 4.74 Å². The SMILES string of the molecule is O=C(CCSc1nnc(-c2ccc(F)cc2)n1CCN1CCOCC1)Nc1ccc2c(c1)CCC2. The van der Waals surface area contributed by atoms with Crippen LogP contribution in [-0.4, -0.2) is 64.2 Å². The highest BCUT2D eigenvalue weighted by Gasteiger charge is 2.18. The predicted molar refractivity (Wildman–Crippen MR) is 135 cm³/mol. The molecular weight excluding hydrogens is 465 g/mol. The Bertz CT molecular complexity index is 1160. The van der Waals surface area contributed by atoms with Gasteiger partial charge >= 0.3 is 0 Å². The Morgan fingerprint density at radius 2 is 1.83 bits per heavy atom. The third-order valence-electron chi connectivity index (χ3n) is 6.51. The van der Waals surface area contributed by atoms with Crippen molar-refractivity contribution in [1.82, 2.24) is 19.7 Å². The lowest BCUT2D eigenvalue weighted by Gasteiger charge is -2.27. The number of hydrogen-bond acceptors (Lipinski definition) is 6. The second-order valence-electron chi connectivity index (χ2n) is 8.90. The number of carbonyl (C=O) groups is 1. The number of aryl methyl sites for hydroxylation is 2. The first-order valence-corrected chi connectivity index (χ1v) is 13.2. The van der Waals surface area contributed by atoms with Gasteiger partial charge in [-0.25, -0.2) is 4.39 Å². The van der Waals surface area contributed by atoms with Crippen molar-refractivity contribution >= 4 is 23.4 Å². The Labute approximate surface area is 209 Å². The quantitative estimate of drug-likeness (QED) is 0.452. The third-order valence-corrected chi connectivity index (χ3v) is 7.47. The van der Waals surface area contributed by atoms with Gasteiger partial charge in [0.25, 0.3) is 0 Å². The number of thioether (sulfide) groups is 1. The average Bonchev–Trinajstić information content (AvgIpc) is 3.50. The summed E-state index contributed by atoms with van der Waals surface area (Å²) in [5, 5.41) is 12.6. The van der Waals surface area contributed by atoms with Crippen LogP contribution >= 0.6 is 11.8 Å². The zero-order chi connectivity index (χ0) is 24.0. The Balaban J connectivity index is 1.22. The first-order chi connectivity index (χ1) is 17.2. The van der Waals surface area contributed by atoms with Crippen LogP contribution in [0.1, 0.15) is 24.0 Å². The van der Waals surface area contributed by atoms with Crippen LogP contribution in [0.2, 0.25) is 0 Å². The molecule has 1 aliphatic heterocycles. The highest BCUT2D eigenvalue weighted by atomic mass is 32.2. The topological polar surface area (TPSA) is 72.3 Å². The molecule has 0 atom stereocenters. The highest BCUT2D eigenvalue weighted by molar-refractivity contribution is 7.99. The third kappa shape index (κ3) is 6.09. The van der Waals surface area contributed by atoms with Gasteiger partial charge < -0.3 is 14.6 Å². The summed E-state index contributed by atoms with van der Waals surface area (Å²) >= 11 is 1.52. The molecule has 2 aromatic carbocycles. The van der Waals surface area contributed by atoms with Crippen molar-refractivity contribution in [1.29, 1.82) is 0 Å². The molecule has 0 unspecified atom stereocenters. The van der Waals surface area contributed by atoms with Crippen LogP contribution in [0.5, 0.6) is 0 Å². The van der Waals surface area contributed by atoms with Crippen molar-refractivity contribution in [2.24, 2.45) is 0 Å². The van der Waals surface area contributed by atoms with Gasteiger partial charge in [0.15, 0.2) is 11.0 Å². The minimum Gasteiger partial charge on any atom is -0.379 e. The lowest BCUT2D eigenvalue weighted by molar-refractivity contribution is -0.115. The van der Waals surface area contributed by atoms with Crippen LogP contribution in [-0.2, 0) is 28.9 Å². The molecule has 0 spiro atoms. The fourth-order valence-corrected chi connectivity index (χ4v) is 5.49. The molecule has 0 radical (unpaired) electrons. The summed E-state index contributed by atoms with van der Waals surface area (Å²) in [6, 6.07) is 12.5. The Morgan fingerprint density at radius 1 is 1.03 bits per heavy atom. The molecule has 7 nitrogen and oxygen atoms in total. The maximum Gasteiger partial charge on any atom is 0.225 e. The van der Waals surface area contributed by atoms with E-state index in [9.17, 15) is 9.18 Å². The van der Waals surface area contributed by atoms with E-state index in [1.165, 1.54) is 41.4 Å². The van der Waals surface area contributed by atoms with E-state index in [0.29, 0.717) is 24.5 Å². The minimum atomic E-state index is -0.280. The van der Waals surface area contributed by atoms with Gasteiger partial charge in [0.05, 0.1) is 13.2 Å². The number of fused-ring (bicyclic) bond motifs is 1. The fourth-order valence-electron chi connectivity index (χ4n) is 4.58. The van der Waals surface area contributed by atoms with Gasteiger partial charge in [-0.1, -0.05) is 17.8 Å². The molecule has 1 aliphatic carbocycles. The summed E-state index contributed by atoms with van der Waals surface area (Å²) in [4.78, 5) is 14.9. The van der Waals surface area contributed by atoms with Crippen molar-refractivity contribution in [2.45, 2.75) is 37.4 Å². The molecule has 5 rings (SSSR count). The number of halogens is 1. The second-order valence-corrected chi connectivity index (χ2v) is 9.96. The van der Waals surface area contributed by atoms with Crippen LogP contribution in [0.4, 0.5) is 10.1 Å². The van der Waals surface area contributed by atoms with Crippen molar-refractivity contribution in [2.75, 3.05) is 43.9 Å². The van der Waals surface area contributed by atoms with Gasteiger partial charge in [0.2, 0.25) is 5.91 Å². The van der Waals surface area contributed by atoms with Crippen LogP contribution in [0.25, 0.3) is 11.4 Å². The van der Waals surface area contributed by atoms with Crippen LogP contribution < -0.4 is 5.32 Å². The summed E-state index contributed by atoms with van der Waals surface area (Å²) in [5.41, 5.74) is 4.43. The summed E-state index contributed by atoms with van der Waals surface area (Å²) in [5.74, 6) is 1.02. The number of nitrogens with zero attached hydrogens (tertiary/aromatic N) is 4. The number of ether oxygens (including phenoxy) is 1. The molecule has 1 amide bonds. The molecule has 1 fully saturated rings. The Kier molecular flexibility index (Phi) is 7.75. The second kappa shape index (κ2) is 11.3. The first-order valence-electron chi connectivity index (χ1n) is 12.2. The smallest absolute Gasteiger partial charge is 0.225 e. The van der Waals surface area contributed by atoms with Gasteiger partial charge in [-0.3, -0.25) is 9.69 Å². The van der Waals surface area contributed by atoms with Crippen molar-refractivity contribution in [3.05, 3.63) is 59.4 Å². The van der Waals surface area contributed by atoms with E-state index >= 15 is 0 Å². The van der Waals surface area contributed by atoms with Gasteiger partial charge in [-0.05, 0) is 66.8 Å². The number of morpholine rings is 1. The number of carbonyl (C=O) groups excluding carboxylic acids is 1. The van der Waals surface area contributed by atoms with E-state index in [2.05, 4.69) is 37.1 Å². The zero-order valence-corrected chi connectivity index (χ0v) is 20.5. The number of amides is 1. The molecule has 184 valence electrons. The lowest BCUT2D eigenvalue weighted by Crippen LogP contribution is -2.38. The zero-order valence-electron chi connectivity index (χ0n) is 19.7. The van der Waals surface area contributed by atoms with E-state index in [0.717, 1.165) is 62.1 Å². The number of aromatic nitrogens is 3. The van der Waals surface area contributed by atoms with Crippen molar-refractivity contribution in [3.63, 3.8) is 0 Å². The highest BCUT2D eigenvalue weighted by Crippen LogP contribution is 2.26.